The van der Waals surface area contributed by atoms with E-state index in [0.717, 1.165) is 10.4 Å². The number of carbonyl (C=O) groups is 1. The molecule has 1 aromatic heterocycles. The van der Waals surface area contributed by atoms with E-state index < -0.39 is 11.7 Å². The summed E-state index contributed by atoms with van der Waals surface area (Å²) in [6, 6.07) is 12.4. The number of allylic oxidation sites excluding steroid dienone is 1. The third-order valence-electron chi connectivity index (χ3n) is 3.84. The van der Waals surface area contributed by atoms with Crippen LogP contribution in [0.4, 0.5) is 0 Å². The van der Waals surface area contributed by atoms with E-state index in [1.54, 1.807) is 25.3 Å². The number of fused-ring (bicyclic) bond motifs is 1. The molecule has 0 saturated carbocycles. The van der Waals surface area contributed by atoms with Gasteiger partial charge in [-0.2, -0.15) is 4.80 Å². The normalized spacial score (nSPS) is 12.1. The standard InChI is InChI=1S/C18H16ClN3O4/c1-26-13-4-2-3-11(9-13)5-8-16(17(23)18(24)25)22-20-14-7-6-12(19)10-15(14)21-22/h2-4,6-7,9-10,23H,5,8H2,1H3,(H,24,25). The average molecular weight is 374 g/mol. The van der Waals surface area contributed by atoms with Crippen LogP contribution in [0.25, 0.3) is 16.7 Å². The Morgan fingerprint density at radius 2 is 1.92 bits per heavy atom. The van der Waals surface area contributed by atoms with Gasteiger partial charge in [0.05, 0.1) is 7.11 Å². The molecule has 0 spiro atoms. The van der Waals surface area contributed by atoms with E-state index in [1.165, 1.54) is 0 Å². The van der Waals surface area contributed by atoms with Crippen LogP contribution in [0.1, 0.15) is 12.0 Å². The number of carboxylic acids is 1. The smallest absolute Gasteiger partial charge is 0.372 e. The molecule has 8 heteroatoms. The van der Waals surface area contributed by atoms with Gasteiger partial charge in [-0.15, -0.1) is 10.2 Å². The first-order valence-electron chi connectivity index (χ1n) is 7.79. The maximum atomic E-state index is 11.3. The highest BCUT2D eigenvalue weighted by molar-refractivity contribution is 6.31. The van der Waals surface area contributed by atoms with E-state index in [9.17, 15) is 15.0 Å². The van der Waals surface area contributed by atoms with Crippen LogP contribution in [-0.4, -0.2) is 38.3 Å². The van der Waals surface area contributed by atoms with Crippen LogP contribution in [0.5, 0.6) is 5.75 Å². The third-order valence-corrected chi connectivity index (χ3v) is 4.08. The minimum atomic E-state index is -1.44. The molecule has 0 saturated heterocycles. The zero-order chi connectivity index (χ0) is 18.7. The van der Waals surface area contributed by atoms with E-state index in [0.29, 0.717) is 28.2 Å². The lowest BCUT2D eigenvalue weighted by molar-refractivity contribution is -0.135. The summed E-state index contributed by atoms with van der Waals surface area (Å²) in [5, 5.41) is 28.2. The zero-order valence-electron chi connectivity index (χ0n) is 13.9. The Bertz CT molecular complexity index is 997. The number of hydrogen-bond donors (Lipinski definition) is 2. The van der Waals surface area contributed by atoms with Gasteiger partial charge in [0.25, 0.3) is 0 Å². The minimum absolute atomic E-state index is 0.0904. The summed E-state index contributed by atoms with van der Waals surface area (Å²) in [5.74, 6) is -1.53. The Morgan fingerprint density at radius 3 is 2.65 bits per heavy atom. The van der Waals surface area contributed by atoms with Crippen molar-refractivity contribution in [1.82, 2.24) is 15.0 Å². The Morgan fingerprint density at radius 1 is 1.15 bits per heavy atom. The van der Waals surface area contributed by atoms with Gasteiger partial charge >= 0.3 is 5.97 Å². The van der Waals surface area contributed by atoms with Crippen molar-refractivity contribution in [3.05, 3.63) is 58.8 Å². The first-order chi connectivity index (χ1) is 12.5. The number of aromatic nitrogens is 3. The molecule has 134 valence electrons. The topological polar surface area (TPSA) is 97.5 Å². The molecule has 0 amide bonds. The first kappa shape index (κ1) is 17.8. The molecule has 0 fully saturated rings. The van der Waals surface area contributed by atoms with E-state index >= 15 is 0 Å². The number of aliphatic carboxylic acids is 1. The predicted octanol–water partition coefficient (Wildman–Crippen LogP) is 3.54. The fourth-order valence-electron chi connectivity index (χ4n) is 2.54. The van der Waals surface area contributed by atoms with Crippen molar-refractivity contribution in [3.8, 4) is 5.75 Å². The molecular weight excluding hydrogens is 358 g/mol. The van der Waals surface area contributed by atoms with Crippen LogP contribution >= 0.6 is 11.6 Å². The van der Waals surface area contributed by atoms with Gasteiger partial charge in [0, 0.05) is 5.02 Å². The van der Waals surface area contributed by atoms with Gasteiger partial charge < -0.3 is 14.9 Å². The van der Waals surface area contributed by atoms with Gasteiger partial charge in [-0.05, 0) is 48.7 Å². The Hall–Kier alpha value is -3.06. The summed E-state index contributed by atoms with van der Waals surface area (Å²) >= 11 is 5.95. The van der Waals surface area contributed by atoms with Crippen LogP contribution in [0.2, 0.25) is 5.02 Å². The van der Waals surface area contributed by atoms with Crippen LogP contribution in [0, 0.1) is 0 Å². The number of aliphatic hydroxyl groups is 1. The molecule has 0 aliphatic rings. The number of benzene rings is 2. The number of ether oxygens (including phenoxy) is 1. The molecule has 0 unspecified atom stereocenters. The van der Waals surface area contributed by atoms with Crippen LogP contribution in [0.3, 0.4) is 0 Å². The summed E-state index contributed by atoms with van der Waals surface area (Å²) in [5.41, 5.74) is 2.08. The largest absolute Gasteiger partial charge is 0.501 e. The summed E-state index contributed by atoms with van der Waals surface area (Å²) in [7, 11) is 1.57. The average Bonchev–Trinajstić information content (AvgIpc) is 3.04. The third kappa shape index (κ3) is 3.78. The number of aliphatic hydroxyl groups excluding tert-OH is 1. The van der Waals surface area contributed by atoms with Crippen molar-refractivity contribution >= 4 is 34.3 Å². The second-order valence-electron chi connectivity index (χ2n) is 5.57. The number of rotatable bonds is 6. The van der Waals surface area contributed by atoms with Crippen molar-refractivity contribution < 1.29 is 19.7 Å². The lowest BCUT2D eigenvalue weighted by atomic mass is 10.1. The molecule has 0 radical (unpaired) electrons. The molecule has 0 aliphatic heterocycles. The van der Waals surface area contributed by atoms with Gasteiger partial charge in [-0.1, -0.05) is 23.7 Å². The molecule has 0 aliphatic carbocycles. The number of hydrogen-bond acceptors (Lipinski definition) is 5. The minimum Gasteiger partial charge on any atom is -0.501 e. The predicted molar refractivity (Wildman–Crippen MR) is 97.3 cm³/mol. The lowest BCUT2D eigenvalue weighted by Gasteiger charge is -2.08. The highest BCUT2D eigenvalue weighted by Gasteiger charge is 2.18. The molecule has 2 aromatic carbocycles. The lowest BCUT2D eigenvalue weighted by Crippen LogP contribution is -2.11. The highest BCUT2D eigenvalue weighted by Crippen LogP contribution is 2.22. The van der Waals surface area contributed by atoms with Crippen molar-refractivity contribution in [3.63, 3.8) is 0 Å². The molecule has 26 heavy (non-hydrogen) atoms. The monoisotopic (exact) mass is 373 g/mol. The highest BCUT2D eigenvalue weighted by atomic mass is 35.5. The Balaban J connectivity index is 1.94. The molecular formula is C18H16ClN3O4. The van der Waals surface area contributed by atoms with E-state index in [2.05, 4.69) is 10.2 Å². The van der Waals surface area contributed by atoms with Gasteiger partial charge in [-0.25, -0.2) is 4.79 Å². The maximum Gasteiger partial charge on any atom is 0.372 e. The van der Waals surface area contributed by atoms with Crippen molar-refractivity contribution in [2.24, 2.45) is 0 Å². The summed E-state index contributed by atoms with van der Waals surface area (Å²) in [6.07, 6.45) is 0.697. The second-order valence-corrected chi connectivity index (χ2v) is 6.01. The van der Waals surface area contributed by atoms with Crippen LogP contribution in [-0.2, 0) is 11.2 Å². The molecule has 3 rings (SSSR count). The SMILES string of the molecule is COc1cccc(CCC(=C(O)C(=O)O)n2nc3ccc(Cl)cc3n2)c1. The molecule has 7 nitrogen and oxygen atoms in total. The second kappa shape index (κ2) is 7.45. The fraction of sp³-hybridized carbons (Fsp3) is 0.167. The van der Waals surface area contributed by atoms with Crippen LogP contribution in [0.15, 0.2) is 48.2 Å². The van der Waals surface area contributed by atoms with E-state index in [1.807, 2.05) is 24.3 Å². The summed E-state index contributed by atoms with van der Waals surface area (Å²) < 4.78 is 5.19. The molecule has 3 aromatic rings. The first-order valence-corrected chi connectivity index (χ1v) is 8.17. The molecule has 2 N–H and O–H groups in total. The van der Waals surface area contributed by atoms with E-state index in [4.69, 9.17) is 16.3 Å². The maximum absolute atomic E-state index is 11.3. The van der Waals surface area contributed by atoms with E-state index in [-0.39, 0.29) is 12.1 Å². The van der Waals surface area contributed by atoms with Gasteiger partial charge in [0.1, 0.15) is 22.5 Å². The van der Waals surface area contributed by atoms with Gasteiger partial charge in [0.2, 0.25) is 5.76 Å². The van der Waals surface area contributed by atoms with Crippen LogP contribution < -0.4 is 4.74 Å². The number of halogens is 1. The number of aryl methyl sites for hydroxylation is 1. The number of nitrogens with zero attached hydrogens (tertiary/aromatic N) is 3. The van der Waals surface area contributed by atoms with Gasteiger partial charge in [0.15, 0.2) is 0 Å². The summed E-state index contributed by atoms with van der Waals surface area (Å²) in [6.45, 7) is 0. The van der Waals surface area contributed by atoms with Crippen molar-refractivity contribution in [2.75, 3.05) is 7.11 Å². The van der Waals surface area contributed by atoms with Gasteiger partial charge in [-0.3, -0.25) is 0 Å². The fourth-order valence-corrected chi connectivity index (χ4v) is 2.70. The van der Waals surface area contributed by atoms with Crippen molar-refractivity contribution in [2.45, 2.75) is 12.8 Å². The Labute approximate surface area is 154 Å². The number of methoxy groups -OCH3 is 1. The quantitative estimate of drug-likeness (QED) is 0.506. The number of carboxylic acid groups (broad SMARTS) is 1. The van der Waals surface area contributed by atoms with Crippen molar-refractivity contribution in [1.29, 1.82) is 0 Å². The summed E-state index contributed by atoms with van der Waals surface area (Å²) in [4.78, 5) is 12.4. The zero-order valence-corrected chi connectivity index (χ0v) is 14.6. The molecule has 1 heterocycles. The Kier molecular flexibility index (Phi) is 5.09. The molecule has 0 bridgehead atoms. The molecule has 0 atom stereocenters.